The molecule has 0 saturated carbocycles. The summed E-state index contributed by atoms with van der Waals surface area (Å²) in [6.45, 7) is 0. The van der Waals surface area contributed by atoms with Gasteiger partial charge in [-0.25, -0.2) is 14.8 Å². The molecule has 8 nitrogen and oxygen atoms in total. The highest BCUT2D eigenvalue weighted by molar-refractivity contribution is 7.99. The maximum atomic E-state index is 11.8. The van der Waals surface area contributed by atoms with E-state index >= 15 is 0 Å². The van der Waals surface area contributed by atoms with Crippen LogP contribution in [0.4, 0.5) is 17.3 Å². The minimum Gasteiger partial charge on any atom is -0.478 e. The number of aromatic carboxylic acids is 1. The number of nitrogens with zero attached hydrogens (tertiary/aromatic N) is 2. The first-order valence-electron chi connectivity index (χ1n) is 6.10. The normalized spacial score (nSPS) is 10.2. The molecule has 1 heterocycles. The number of anilines is 3. The summed E-state index contributed by atoms with van der Waals surface area (Å²) in [6, 6.07) is 7.27. The summed E-state index contributed by atoms with van der Waals surface area (Å²) in [5.74, 6) is -0.759. The van der Waals surface area contributed by atoms with Crippen LogP contribution in [0.5, 0.6) is 0 Å². The summed E-state index contributed by atoms with van der Waals surface area (Å²) >= 11 is 1.10. The van der Waals surface area contributed by atoms with Crippen molar-refractivity contribution >= 4 is 41.0 Å². The van der Waals surface area contributed by atoms with Gasteiger partial charge in [0.15, 0.2) is 5.16 Å². The molecule has 0 bridgehead atoms. The van der Waals surface area contributed by atoms with Crippen LogP contribution < -0.4 is 16.8 Å². The predicted octanol–water partition coefficient (Wildman–Crippen LogP) is 1.07. The molecule has 1 aromatic carbocycles. The van der Waals surface area contributed by atoms with E-state index in [0.29, 0.717) is 10.8 Å². The molecule has 0 fully saturated rings. The zero-order valence-electron chi connectivity index (χ0n) is 11.3. The Labute approximate surface area is 129 Å². The molecule has 2 rings (SSSR count). The highest BCUT2D eigenvalue weighted by Gasteiger charge is 2.08. The van der Waals surface area contributed by atoms with Gasteiger partial charge in [-0.1, -0.05) is 11.8 Å². The second-order valence-electron chi connectivity index (χ2n) is 4.22. The van der Waals surface area contributed by atoms with Gasteiger partial charge >= 0.3 is 5.97 Å². The molecular formula is C13H13N5O3S. The summed E-state index contributed by atoms with van der Waals surface area (Å²) in [5, 5.41) is 11.7. The third-order valence-electron chi connectivity index (χ3n) is 2.49. The molecule has 9 heteroatoms. The van der Waals surface area contributed by atoms with E-state index in [1.54, 1.807) is 0 Å². The number of carbonyl (C=O) groups excluding carboxylic acids is 1. The minimum absolute atomic E-state index is 0.0730. The van der Waals surface area contributed by atoms with E-state index in [0.717, 1.165) is 11.8 Å². The molecule has 0 atom stereocenters. The van der Waals surface area contributed by atoms with E-state index in [-0.39, 0.29) is 28.9 Å². The number of carbonyl (C=O) groups is 2. The molecule has 0 unspecified atom stereocenters. The van der Waals surface area contributed by atoms with Crippen molar-refractivity contribution in [3.63, 3.8) is 0 Å². The fourth-order valence-corrected chi connectivity index (χ4v) is 2.22. The third kappa shape index (κ3) is 4.35. The molecule has 22 heavy (non-hydrogen) atoms. The maximum absolute atomic E-state index is 11.8. The quantitative estimate of drug-likeness (QED) is 0.473. The fraction of sp³-hybridized carbons (Fsp3) is 0.0769. The van der Waals surface area contributed by atoms with Crippen molar-refractivity contribution < 1.29 is 14.7 Å². The van der Waals surface area contributed by atoms with Crippen molar-refractivity contribution in [2.75, 3.05) is 22.5 Å². The molecule has 0 spiro atoms. The van der Waals surface area contributed by atoms with Crippen LogP contribution in [0, 0.1) is 0 Å². The van der Waals surface area contributed by atoms with Crippen LogP contribution in [0.15, 0.2) is 35.5 Å². The SMILES string of the molecule is Nc1cc(N)nc(SCC(=O)Nc2ccc(C(=O)O)cc2)n1. The Morgan fingerprint density at radius 2 is 1.73 bits per heavy atom. The number of amides is 1. The number of thioether (sulfide) groups is 1. The topological polar surface area (TPSA) is 144 Å². The van der Waals surface area contributed by atoms with E-state index in [2.05, 4.69) is 15.3 Å². The number of benzene rings is 1. The number of nitrogens with two attached hydrogens (primary N) is 2. The van der Waals surface area contributed by atoms with Gasteiger partial charge < -0.3 is 21.9 Å². The fourth-order valence-electron chi connectivity index (χ4n) is 1.55. The molecule has 6 N–H and O–H groups in total. The molecule has 114 valence electrons. The largest absolute Gasteiger partial charge is 0.478 e. The summed E-state index contributed by atoms with van der Waals surface area (Å²) in [4.78, 5) is 30.4. The van der Waals surface area contributed by atoms with Crippen LogP contribution in [0.2, 0.25) is 0 Å². The van der Waals surface area contributed by atoms with Gasteiger partial charge in [-0.15, -0.1) is 0 Å². The Morgan fingerprint density at radius 1 is 1.14 bits per heavy atom. The second kappa shape index (κ2) is 6.76. The second-order valence-corrected chi connectivity index (χ2v) is 5.16. The molecule has 0 saturated heterocycles. The van der Waals surface area contributed by atoms with Crippen LogP contribution in [-0.2, 0) is 4.79 Å². The Kier molecular flexibility index (Phi) is 4.79. The maximum Gasteiger partial charge on any atom is 0.335 e. The zero-order valence-corrected chi connectivity index (χ0v) is 12.1. The van der Waals surface area contributed by atoms with Gasteiger partial charge in [0.1, 0.15) is 11.6 Å². The number of hydrogen-bond donors (Lipinski definition) is 4. The molecule has 1 aromatic heterocycles. The summed E-state index contributed by atoms with van der Waals surface area (Å²) in [5.41, 5.74) is 11.7. The highest BCUT2D eigenvalue weighted by Crippen LogP contribution is 2.17. The van der Waals surface area contributed by atoms with Crippen molar-refractivity contribution in [1.29, 1.82) is 0 Å². The van der Waals surface area contributed by atoms with Crippen molar-refractivity contribution in [2.24, 2.45) is 0 Å². The van der Waals surface area contributed by atoms with Gasteiger partial charge in [-0.2, -0.15) is 0 Å². The van der Waals surface area contributed by atoms with Gasteiger partial charge in [0.25, 0.3) is 0 Å². The number of hydrogen-bond acceptors (Lipinski definition) is 7. The lowest BCUT2D eigenvalue weighted by molar-refractivity contribution is -0.113. The first-order chi connectivity index (χ1) is 10.4. The summed E-state index contributed by atoms with van der Waals surface area (Å²) in [7, 11) is 0. The number of carboxylic acid groups (broad SMARTS) is 1. The van der Waals surface area contributed by atoms with Gasteiger partial charge in [-0.3, -0.25) is 4.79 Å². The predicted molar refractivity (Wildman–Crippen MR) is 83.6 cm³/mol. The molecule has 0 aliphatic heterocycles. The number of nitrogen functional groups attached to an aromatic ring is 2. The number of aromatic nitrogens is 2. The van der Waals surface area contributed by atoms with Gasteiger partial charge in [0, 0.05) is 11.8 Å². The number of carboxylic acids is 1. The van der Waals surface area contributed by atoms with E-state index in [1.807, 2.05) is 0 Å². The van der Waals surface area contributed by atoms with Crippen molar-refractivity contribution in [2.45, 2.75) is 5.16 Å². The first-order valence-corrected chi connectivity index (χ1v) is 7.08. The van der Waals surface area contributed by atoms with Crippen LogP contribution in [0.3, 0.4) is 0 Å². The van der Waals surface area contributed by atoms with Crippen LogP contribution >= 0.6 is 11.8 Å². The van der Waals surface area contributed by atoms with E-state index < -0.39 is 5.97 Å². The lowest BCUT2D eigenvalue weighted by Gasteiger charge is -2.05. The smallest absolute Gasteiger partial charge is 0.335 e. The molecular weight excluding hydrogens is 306 g/mol. The Hall–Kier alpha value is -2.81. The average Bonchev–Trinajstić information content (AvgIpc) is 2.45. The molecule has 0 aliphatic carbocycles. The molecule has 2 aromatic rings. The van der Waals surface area contributed by atoms with Gasteiger partial charge in [0.2, 0.25) is 5.91 Å². The lowest BCUT2D eigenvalue weighted by Crippen LogP contribution is -2.14. The van der Waals surface area contributed by atoms with Crippen molar-refractivity contribution in [3.05, 3.63) is 35.9 Å². The average molecular weight is 319 g/mol. The summed E-state index contributed by atoms with van der Waals surface area (Å²) < 4.78 is 0. The van der Waals surface area contributed by atoms with E-state index in [9.17, 15) is 9.59 Å². The monoisotopic (exact) mass is 319 g/mol. The Morgan fingerprint density at radius 3 is 2.27 bits per heavy atom. The standard InChI is InChI=1S/C13H13N5O3S/c14-9-5-10(15)18-13(17-9)22-6-11(19)16-8-3-1-7(2-4-8)12(20)21/h1-5H,6H2,(H,16,19)(H,20,21)(H4,14,15,17,18). The van der Waals surface area contributed by atoms with E-state index in [1.165, 1.54) is 30.3 Å². The zero-order chi connectivity index (χ0) is 16.1. The highest BCUT2D eigenvalue weighted by atomic mass is 32.2. The van der Waals surface area contributed by atoms with Crippen LogP contribution in [0.25, 0.3) is 0 Å². The molecule has 0 radical (unpaired) electrons. The molecule has 0 aliphatic rings. The van der Waals surface area contributed by atoms with Crippen molar-refractivity contribution in [1.82, 2.24) is 9.97 Å². The Balaban J connectivity index is 1.91. The number of nitrogens with one attached hydrogen (secondary N) is 1. The summed E-state index contributed by atoms with van der Waals surface area (Å²) in [6.07, 6.45) is 0. The lowest BCUT2D eigenvalue weighted by atomic mass is 10.2. The van der Waals surface area contributed by atoms with Crippen molar-refractivity contribution in [3.8, 4) is 0 Å². The molecule has 1 amide bonds. The Bertz CT molecular complexity index is 685. The number of rotatable bonds is 5. The van der Waals surface area contributed by atoms with Crippen LogP contribution in [0.1, 0.15) is 10.4 Å². The first kappa shape index (κ1) is 15.6. The van der Waals surface area contributed by atoms with Gasteiger partial charge in [-0.05, 0) is 24.3 Å². The van der Waals surface area contributed by atoms with E-state index in [4.69, 9.17) is 16.6 Å². The minimum atomic E-state index is -1.02. The van der Waals surface area contributed by atoms with Crippen LogP contribution in [-0.4, -0.2) is 32.7 Å². The third-order valence-corrected chi connectivity index (χ3v) is 3.34. The van der Waals surface area contributed by atoms with Gasteiger partial charge in [0.05, 0.1) is 11.3 Å².